The molecule has 0 aromatic heterocycles. The van der Waals surface area contributed by atoms with Crippen LogP contribution in [0.3, 0.4) is 0 Å². The lowest BCUT2D eigenvalue weighted by Crippen LogP contribution is -2.37. The first kappa shape index (κ1) is 18.6. The van der Waals surface area contributed by atoms with Crippen LogP contribution < -0.4 is 5.32 Å². The third-order valence-corrected chi connectivity index (χ3v) is 5.04. The number of carbonyl (C=O) groups excluding carboxylic acids is 1. The number of rotatable bonds is 4. The van der Waals surface area contributed by atoms with Crippen LogP contribution in [0.4, 0.5) is 14.5 Å². The Morgan fingerprint density at radius 3 is 2.62 bits per heavy atom. The van der Waals surface area contributed by atoms with Crippen molar-refractivity contribution in [2.45, 2.75) is 18.0 Å². The molecule has 2 atom stereocenters. The first-order valence-corrected chi connectivity index (χ1v) is 9.11. The average Bonchev–Trinajstić information content (AvgIpc) is 2.50. The second-order valence-corrected chi connectivity index (χ2v) is 7.93. The monoisotopic (exact) mass is 377 g/mol. The Kier molecular flexibility index (Phi) is 5.12. The topological polar surface area (TPSA) is 72.5 Å². The zero-order valence-electron chi connectivity index (χ0n) is 12.7. The Morgan fingerprint density at radius 2 is 2.08 bits per heavy atom. The molecule has 130 valence electrons. The first-order valence-electron chi connectivity index (χ1n) is 6.73. The standard InChI is InChI=1S/C15H14ClF2NO4S/c1-9-7-10(3-4-13(9)17)19-14(20)12-8-11(24(16,21)22)5-6-15(12,18)23-2/h3-8,11H,1-2H3,(H,19,20). The molecule has 1 aliphatic carbocycles. The van der Waals surface area contributed by atoms with Gasteiger partial charge in [0, 0.05) is 23.5 Å². The number of hydrogen-bond acceptors (Lipinski definition) is 4. The lowest BCUT2D eigenvalue weighted by atomic mass is 9.99. The van der Waals surface area contributed by atoms with E-state index in [-0.39, 0.29) is 11.3 Å². The fourth-order valence-corrected chi connectivity index (χ4v) is 3.04. The molecule has 2 unspecified atom stereocenters. The first-order chi connectivity index (χ1) is 11.1. The summed E-state index contributed by atoms with van der Waals surface area (Å²) in [4.78, 5) is 12.3. The van der Waals surface area contributed by atoms with Gasteiger partial charge in [-0.1, -0.05) is 6.08 Å². The molecule has 24 heavy (non-hydrogen) atoms. The predicted octanol–water partition coefficient (Wildman–Crippen LogP) is 2.82. The van der Waals surface area contributed by atoms with Crippen LogP contribution >= 0.6 is 10.7 Å². The second kappa shape index (κ2) is 6.62. The normalized spacial score (nSPS) is 23.7. The minimum atomic E-state index is -4.08. The van der Waals surface area contributed by atoms with E-state index < -0.39 is 37.5 Å². The minimum Gasteiger partial charge on any atom is -0.342 e. The summed E-state index contributed by atoms with van der Waals surface area (Å²) in [6, 6.07) is 3.79. The molecule has 0 radical (unpaired) electrons. The highest BCUT2D eigenvalue weighted by molar-refractivity contribution is 8.14. The fraction of sp³-hybridized carbons (Fsp3) is 0.267. The molecule has 0 spiro atoms. The highest BCUT2D eigenvalue weighted by Gasteiger charge is 2.41. The lowest BCUT2D eigenvalue weighted by molar-refractivity contribution is -0.119. The number of ether oxygens (including phenoxy) is 1. The fourth-order valence-electron chi connectivity index (χ4n) is 2.15. The van der Waals surface area contributed by atoms with E-state index in [0.29, 0.717) is 0 Å². The number of alkyl halides is 1. The maximum Gasteiger partial charge on any atom is 0.259 e. The van der Waals surface area contributed by atoms with Crippen LogP contribution in [0.1, 0.15) is 5.56 Å². The van der Waals surface area contributed by atoms with Crippen LogP contribution in [0.2, 0.25) is 0 Å². The van der Waals surface area contributed by atoms with Crippen LogP contribution in [0.15, 0.2) is 42.0 Å². The van der Waals surface area contributed by atoms with Crippen molar-refractivity contribution in [1.82, 2.24) is 0 Å². The van der Waals surface area contributed by atoms with E-state index >= 15 is 0 Å². The van der Waals surface area contributed by atoms with Gasteiger partial charge < -0.3 is 10.1 Å². The van der Waals surface area contributed by atoms with Crippen molar-refractivity contribution < 1.29 is 26.7 Å². The number of anilines is 1. The van der Waals surface area contributed by atoms with Gasteiger partial charge in [-0.25, -0.2) is 17.2 Å². The third kappa shape index (κ3) is 3.82. The van der Waals surface area contributed by atoms with Gasteiger partial charge in [-0.15, -0.1) is 0 Å². The van der Waals surface area contributed by atoms with E-state index in [1.165, 1.54) is 19.1 Å². The van der Waals surface area contributed by atoms with Crippen LogP contribution in [-0.4, -0.2) is 32.5 Å². The summed E-state index contributed by atoms with van der Waals surface area (Å²) in [6.07, 6.45) is 2.67. The van der Waals surface area contributed by atoms with Crippen molar-refractivity contribution in [2.75, 3.05) is 12.4 Å². The van der Waals surface area contributed by atoms with E-state index in [0.717, 1.165) is 31.4 Å². The van der Waals surface area contributed by atoms with Crippen molar-refractivity contribution in [3.8, 4) is 0 Å². The molecule has 1 aromatic rings. The Labute approximate surface area is 142 Å². The number of hydrogen-bond donors (Lipinski definition) is 1. The molecule has 0 heterocycles. The zero-order valence-corrected chi connectivity index (χ0v) is 14.3. The maximum absolute atomic E-state index is 14.7. The second-order valence-electron chi connectivity index (χ2n) is 5.15. The maximum atomic E-state index is 14.7. The van der Waals surface area contributed by atoms with Gasteiger partial charge in [-0.2, -0.15) is 0 Å². The van der Waals surface area contributed by atoms with E-state index in [1.54, 1.807) is 0 Å². The largest absolute Gasteiger partial charge is 0.342 e. The summed E-state index contributed by atoms with van der Waals surface area (Å²) in [5, 5.41) is 1.01. The van der Waals surface area contributed by atoms with Gasteiger partial charge in [0.2, 0.25) is 9.05 Å². The van der Waals surface area contributed by atoms with Crippen LogP contribution in [-0.2, 0) is 18.6 Å². The Morgan fingerprint density at radius 1 is 1.42 bits per heavy atom. The van der Waals surface area contributed by atoms with Crippen LogP contribution in [0, 0.1) is 12.7 Å². The highest BCUT2D eigenvalue weighted by Crippen LogP contribution is 2.32. The van der Waals surface area contributed by atoms with Crippen LogP contribution in [0.25, 0.3) is 0 Å². The number of carbonyl (C=O) groups is 1. The molecular formula is C15H14ClF2NO4S. The third-order valence-electron chi connectivity index (χ3n) is 3.48. The number of nitrogens with one attached hydrogen (secondary N) is 1. The molecule has 2 rings (SSSR count). The summed E-state index contributed by atoms with van der Waals surface area (Å²) in [5.74, 6) is -3.99. The van der Waals surface area contributed by atoms with Gasteiger partial charge in [-0.3, -0.25) is 4.79 Å². The molecule has 0 aliphatic heterocycles. The van der Waals surface area contributed by atoms with E-state index in [1.807, 2.05) is 0 Å². The molecule has 1 N–H and O–H groups in total. The molecular weight excluding hydrogens is 364 g/mol. The van der Waals surface area contributed by atoms with Gasteiger partial charge in [-0.05, 0) is 42.8 Å². The van der Waals surface area contributed by atoms with E-state index in [9.17, 15) is 22.0 Å². The number of amides is 1. The van der Waals surface area contributed by atoms with Crippen molar-refractivity contribution in [3.63, 3.8) is 0 Å². The van der Waals surface area contributed by atoms with Gasteiger partial charge in [0.05, 0.1) is 5.57 Å². The smallest absolute Gasteiger partial charge is 0.259 e. The Hall–Kier alpha value is -1.77. The summed E-state index contributed by atoms with van der Waals surface area (Å²) >= 11 is 0. The predicted molar refractivity (Wildman–Crippen MR) is 86.4 cm³/mol. The molecule has 1 aromatic carbocycles. The molecule has 9 heteroatoms. The minimum absolute atomic E-state index is 0.220. The number of halogens is 3. The summed E-state index contributed by atoms with van der Waals surface area (Å²) in [7, 11) is 2.21. The molecule has 0 saturated carbocycles. The SMILES string of the molecule is COC1(F)C=CC(S(=O)(=O)Cl)C=C1C(=O)Nc1ccc(F)c(C)c1. The molecule has 0 bridgehead atoms. The molecule has 5 nitrogen and oxygen atoms in total. The Balaban J connectivity index is 2.36. The summed E-state index contributed by atoms with van der Waals surface area (Å²) in [6.45, 7) is 1.50. The zero-order chi connectivity index (χ0) is 18.1. The lowest BCUT2D eigenvalue weighted by Gasteiger charge is -2.27. The van der Waals surface area contributed by atoms with Crippen molar-refractivity contribution >= 4 is 31.3 Å². The number of aryl methyl sites for hydroxylation is 1. The number of benzene rings is 1. The quantitative estimate of drug-likeness (QED) is 0.647. The van der Waals surface area contributed by atoms with E-state index in [4.69, 9.17) is 10.7 Å². The summed E-state index contributed by atoms with van der Waals surface area (Å²) in [5.41, 5.74) is -0.0634. The van der Waals surface area contributed by atoms with E-state index in [2.05, 4.69) is 10.1 Å². The molecule has 1 aliphatic rings. The van der Waals surface area contributed by atoms with Gasteiger partial charge in [0.1, 0.15) is 11.1 Å². The van der Waals surface area contributed by atoms with Gasteiger partial charge in [0.15, 0.2) is 0 Å². The highest BCUT2D eigenvalue weighted by atomic mass is 35.7. The number of methoxy groups -OCH3 is 1. The van der Waals surface area contributed by atoms with Gasteiger partial charge >= 0.3 is 0 Å². The van der Waals surface area contributed by atoms with Crippen molar-refractivity contribution in [3.05, 3.63) is 53.4 Å². The van der Waals surface area contributed by atoms with Crippen molar-refractivity contribution in [1.29, 1.82) is 0 Å². The summed E-state index contributed by atoms with van der Waals surface area (Å²) < 4.78 is 55.5. The Bertz CT molecular complexity index is 838. The molecule has 1 amide bonds. The average molecular weight is 378 g/mol. The molecule has 0 saturated heterocycles. The molecule has 0 fully saturated rings. The van der Waals surface area contributed by atoms with Crippen molar-refractivity contribution in [2.24, 2.45) is 0 Å². The van der Waals surface area contributed by atoms with Crippen LogP contribution in [0.5, 0.6) is 0 Å². The van der Waals surface area contributed by atoms with Gasteiger partial charge in [0.25, 0.3) is 11.8 Å².